The molecule has 1 aromatic heterocycles. The highest BCUT2D eigenvalue weighted by Gasteiger charge is 2.15. The van der Waals surface area contributed by atoms with E-state index in [1.165, 1.54) is 37.9 Å². The van der Waals surface area contributed by atoms with Crippen LogP contribution in [0, 0.1) is 5.92 Å². The largest absolute Gasteiger partial charge is 0.305 e. The van der Waals surface area contributed by atoms with Crippen molar-refractivity contribution in [2.24, 2.45) is 5.92 Å². The van der Waals surface area contributed by atoms with Crippen molar-refractivity contribution in [1.29, 1.82) is 0 Å². The van der Waals surface area contributed by atoms with E-state index in [9.17, 15) is 0 Å². The molecule has 1 aromatic rings. The van der Waals surface area contributed by atoms with Gasteiger partial charge in [0.1, 0.15) is 6.33 Å². The van der Waals surface area contributed by atoms with E-state index in [1.54, 1.807) is 6.33 Å². The molecule has 0 radical (unpaired) electrons. The Hall–Kier alpha value is -0.770. The second-order valence-electron chi connectivity index (χ2n) is 4.37. The SMILES string of the molecule is C=CCn1cnnc1SCC1CCCCC1. The summed E-state index contributed by atoms with van der Waals surface area (Å²) in [6.07, 6.45) is 10.7. The van der Waals surface area contributed by atoms with E-state index >= 15 is 0 Å². The molecule has 0 saturated heterocycles. The van der Waals surface area contributed by atoms with E-state index < -0.39 is 0 Å². The molecular formula is C12H19N3S. The van der Waals surface area contributed by atoms with Gasteiger partial charge in [-0.15, -0.1) is 16.8 Å². The molecule has 0 N–H and O–H groups in total. The summed E-state index contributed by atoms with van der Waals surface area (Å²) in [4.78, 5) is 0. The first-order chi connectivity index (χ1) is 7.90. The fourth-order valence-electron chi connectivity index (χ4n) is 2.17. The molecule has 1 aliphatic carbocycles. The summed E-state index contributed by atoms with van der Waals surface area (Å²) in [7, 11) is 0. The zero-order chi connectivity index (χ0) is 11.2. The molecule has 0 spiro atoms. The summed E-state index contributed by atoms with van der Waals surface area (Å²) in [6, 6.07) is 0. The summed E-state index contributed by atoms with van der Waals surface area (Å²) < 4.78 is 2.06. The zero-order valence-electron chi connectivity index (χ0n) is 9.64. The Bertz CT molecular complexity index is 329. The molecular weight excluding hydrogens is 218 g/mol. The molecule has 88 valence electrons. The van der Waals surface area contributed by atoms with Gasteiger partial charge >= 0.3 is 0 Å². The maximum Gasteiger partial charge on any atom is 0.191 e. The number of aromatic nitrogens is 3. The lowest BCUT2D eigenvalue weighted by atomic mass is 9.91. The molecule has 1 aliphatic rings. The Balaban J connectivity index is 1.83. The first kappa shape index (κ1) is 11.7. The van der Waals surface area contributed by atoms with Crippen molar-refractivity contribution in [1.82, 2.24) is 14.8 Å². The molecule has 0 aromatic carbocycles. The van der Waals surface area contributed by atoms with E-state index in [4.69, 9.17) is 0 Å². The predicted octanol–water partition coefficient (Wildman–Crippen LogP) is 3.14. The minimum Gasteiger partial charge on any atom is -0.305 e. The lowest BCUT2D eigenvalue weighted by molar-refractivity contribution is 0.390. The van der Waals surface area contributed by atoms with Gasteiger partial charge in [-0.2, -0.15) is 0 Å². The van der Waals surface area contributed by atoms with Crippen LogP contribution < -0.4 is 0 Å². The monoisotopic (exact) mass is 237 g/mol. The van der Waals surface area contributed by atoms with E-state index in [0.717, 1.165) is 17.6 Å². The summed E-state index contributed by atoms with van der Waals surface area (Å²) in [6.45, 7) is 4.55. The Labute approximate surface area is 101 Å². The van der Waals surface area contributed by atoms with Gasteiger partial charge in [0, 0.05) is 12.3 Å². The maximum absolute atomic E-state index is 4.15. The quantitative estimate of drug-likeness (QED) is 0.582. The van der Waals surface area contributed by atoms with Gasteiger partial charge in [-0.05, 0) is 18.8 Å². The van der Waals surface area contributed by atoms with Crippen LogP contribution in [-0.2, 0) is 6.54 Å². The molecule has 0 amide bonds. The fourth-order valence-corrected chi connectivity index (χ4v) is 3.28. The lowest BCUT2D eigenvalue weighted by Gasteiger charge is -2.20. The molecule has 0 bridgehead atoms. The number of thioether (sulfide) groups is 1. The third-order valence-electron chi connectivity index (χ3n) is 3.08. The van der Waals surface area contributed by atoms with Crippen molar-refractivity contribution in [2.75, 3.05) is 5.75 Å². The van der Waals surface area contributed by atoms with Crippen molar-refractivity contribution in [3.63, 3.8) is 0 Å². The Morgan fingerprint density at radius 3 is 3.00 bits per heavy atom. The van der Waals surface area contributed by atoms with Crippen LogP contribution in [0.15, 0.2) is 24.1 Å². The third kappa shape index (κ3) is 3.11. The highest BCUT2D eigenvalue weighted by atomic mass is 32.2. The number of hydrogen-bond donors (Lipinski definition) is 0. The molecule has 2 rings (SSSR count). The van der Waals surface area contributed by atoms with Gasteiger partial charge in [0.05, 0.1) is 0 Å². The van der Waals surface area contributed by atoms with Gasteiger partial charge in [0.25, 0.3) is 0 Å². The normalized spacial score (nSPS) is 17.5. The standard InChI is InChI=1S/C12H19N3S/c1-2-8-15-10-13-14-12(15)16-9-11-6-4-3-5-7-11/h2,10-11H,1,3-9H2. The highest BCUT2D eigenvalue weighted by Crippen LogP contribution is 2.29. The molecule has 1 fully saturated rings. The van der Waals surface area contributed by atoms with Crippen LogP contribution in [0.25, 0.3) is 0 Å². The van der Waals surface area contributed by atoms with E-state index in [0.29, 0.717) is 0 Å². The first-order valence-corrected chi connectivity index (χ1v) is 7.00. The second-order valence-corrected chi connectivity index (χ2v) is 5.36. The summed E-state index contributed by atoms with van der Waals surface area (Å²) >= 11 is 1.84. The van der Waals surface area contributed by atoms with Crippen molar-refractivity contribution in [3.8, 4) is 0 Å². The van der Waals surface area contributed by atoms with Crippen molar-refractivity contribution in [3.05, 3.63) is 19.0 Å². The van der Waals surface area contributed by atoms with Crippen LogP contribution in [-0.4, -0.2) is 20.5 Å². The Kier molecular flexibility index (Phi) is 4.45. The number of rotatable bonds is 5. The van der Waals surface area contributed by atoms with Gasteiger partial charge in [0.15, 0.2) is 5.16 Å². The molecule has 1 saturated carbocycles. The van der Waals surface area contributed by atoms with Gasteiger partial charge < -0.3 is 4.57 Å². The zero-order valence-corrected chi connectivity index (χ0v) is 10.5. The number of hydrogen-bond acceptors (Lipinski definition) is 3. The molecule has 3 nitrogen and oxygen atoms in total. The minimum absolute atomic E-state index is 0.806. The smallest absolute Gasteiger partial charge is 0.191 e. The molecule has 1 heterocycles. The van der Waals surface area contributed by atoms with Crippen molar-refractivity contribution in [2.45, 2.75) is 43.8 Å². The average molecular weight is 237 g/mol. The predicted molar refractivity (Wildman–Crippen MR) is 67.5 cm³/mol. The van der Waals surface area contributed by atoms with E-state index in [2.05, 4.69) is 21.3 Å². The summed E-state index contributed by atoms with van der Waals surface area (Å²) in [5, 5.41) is 9.13. The summed E-state index contributed by atoms with van der Waals surface area (Å²) in [5.41, 5.74) is 0. The van der Waals surface area contributed by atoms with Crippen LogP contribution in [0.5, 0.6) is 0 Å². The van der Waals surface area contributed by atoms with Crippen LogP contribution in [0.3, 0.4) is 0 Å². The minimum atomic E-state index is 0.806. The van der Waals surface area contributed by atoms with Crippen LogP contribution in [0.1, 0.15) is 32.1 Å². The van der Waals surface area contributed by atoms with Gasteiger partial charge in [-0.25, -0.2) is 0 Å². The second kappa shape index (κ2) is 6.09. The van der Waals surface area contributed by atoms with E-state index in [1.807, 2.05) is 17.8 Å². The lowest BCUT2D eigenvalue weighted by Crippen LogP contribution is -2.09. The third-order valence-corrected chi connectivity index (χ3v) is 4.29. The van der Waals surface area contributed by atoms with Crippen LogP contribution >= 0.6 is 11.8 Å². The summed E-state index contributed by atoms with van der Waals surface area (Å²) in [5.74, 6) is 2.07. The molecule has 0 atom stereocenters. The molecule has 4 heteroatoms. The van der Waals surface area contributed by atoms with Crippen molar-refractivity contribution < 1.29 is 0 Å². The van der Waals surface area contributed by atoms with Crippen LogP contribution in [0.2, 0.25) is 0 Å². The van der Waals surface area contributed by atoms with Gasteiger partial charge in [-0.3, -0.25) is 0 Å². The first-order valence-electron chi connectivity index (χ1n) is 6.01. The molecule has 0 unspecified atom stereocenters. The van der Waals surface area contributed by atoms with E-state index in [-0.39, 0.29) is 0 Å². The average Bonchev–Trinajstić information content (AvgIpc) is 2.76. The topological polar surface area (TPSA) is 30.7 Å². The Morgan fingerprint density at radius 1 is 1.44 bits per heavy atom. The molecule has 16 heavy (non-hydrogen) atoms. The fraction of sp³-hybridized carbons (Fsp3) is 0.667. The highest BCUT2D eigenvalue weighted by molar-refractivity contribution is 7.99. The molecule has 0 aliphatic heterocycles. The van der Waals surface area contributed by atoms with Gasteiger partial charge in [0.2, 0.25) is 0 Å². The van der Waals surface area contributed by atoms with Gasteiger partial charge in [-0.1, -0.05) is 37.1 Å². The number of allylic oxidation sites excluding steroid dienone is 1. The van der Waals surface area contributed by atoms with Crippen molar-refractivity contribution >= 4 is 11.8 Å². The number of nitrogens with zero attached hydrogens (tertiary/aromatic N) is 3. The van der Waals surface area contributed by atoms with Crippen LogP contribution in [0.4, 0.5) is 0 Å². The Morgan fingerprint density at radius 2 is 2.25 bits per heavy atom. The maximum atomic E-state index is 4.15.